The van der Waals surface area contributed by atoms with Gasteiger partial charge in [-0.15, -0.1) is 0 Å². The largest absolute Gasteiger partial charge is 0.360 e. The smallest absolute Gasteiger partial charge is 0.262 e. The van der Waals surface area contributed by atoms with E-state index in [1.54, 1.807) is 47.4 Å². The first-order chi connectivity index (χ1) is 13.5. The minimum atomic E-state index is -0.491. The number of nitrogens with one attached hydrogen (secondary N) is 2. The normalized spacial score (nSPS) is 15.6. The molecule has 2 amide bonds. The molecule has 0 bridgehead atoms. The van der Waals surface area contributed by atoms with Gasteiger partial charge in [-0.25, -0.2) is 4.39 Å². The van der Waals surface area contributed by atoms with Crippen LogP contribution in [0, 0.1) is 5.82 Å². The highest BCUT2D eigenvalue weighted by Gasteiger charge is 2.33. The minimum Gasteiger partial charge on any atom is -0.360 e. The van der Waals surface area contributed by atoms with Crippen LogP contribution in [0.5, 0.6) is 0 Å². The fourth-order valence-corrected chi connectivity index (χ4v) is 3.31. The molecule has 4 rings (SSSR count). The highest BCUT2D eigenvalue weighted by molar-refractivity contribution is 6.12. The van der Waals surface area contributed by atoms with Crippen molar-refractivity contribution >= 4 is 28.9 Å². The third kappa shape index (κ3) is 3.32. The molecule has 1 unspecified atom stereocenters. The SMILES string of the molecule is CC(=O)Nc1ccc(N2C(=O)c3ccccc3NC2c2ccc(F)cc2)cc1. The van der Waals surface area contributed by atoms with E-state index in [9.17, 15) is 14.0 Å². The van der Waals surface area contributed by atoms with Crippen LogP contribution in [-0.2, 0) is 4.79 Å². The zero-order chi connectivity index (χ0) is 19.7. The molecule has 5 nitrogen and oxygen atoms in total. The van der Waals surface area contributed by atoms with Gasteiger partial charge in [0.25, 0.3) is 5.91 Å². The molecule has 0 aliphatic carbocycles. The summed E-state index contributed by atoms with van der Waals surface area (Å²) in [6.45, 7) is 1.44. The molecule has 1 heterocycles. The van der Waals surface area contributed by atoms with Gasteiger partial charge in [0.1, 0.15) is 12.0 Å². The third-order valence-electron chi connectivity index (χ3n) is 4.58. The van der Waals surface area contributed by atoms with Crippen LogP contribution in [-0.4, -0.2) is 11.8 Å². The van der Waals surface area contributed by atoms with Crippen LogP contribution in [0.4, 0.5) is 21.5 Å². The fraction of sp³-hybridized carbons (Fsp3) is 0.0909. The van der Waals surface area contributed by atoms with Crippen molar-refractivity contribution < 1.29 is 14.0 Å². The summed E-state index contributed by atoms with van der Waals surface area (Å²) in [6, 6.07) is 20.4. The second kappa shape index (κ2) is 7.15. The number of anilines is 3. The number of para-hydroxylation sites is 1. The number of hydrogen-bond donors (Lipinski definition) is 2. The Morgan fingerprint density at radius 1 is 1.00 bits per heavy atom. The first-order valence-corrected chi connectivity index (χ1v) is 8.85. The van der Waals surface area contributed by atoms with Crippen molar-refractivity contribution in [2.75, 3.05) is 15.5 Å². The maximum atomic E-state index is 13.4. The van der Waals surface area contributed by atoms with Gasteiger partial charge in [0.05, 0.1) is 5.56 Å². The quantitative estimate of drug-likeness (QED) is 0.706. The maximum Gasteiger partial charge on any atom is 0.262 e. The summed E-state index contributed by atoms with van der Waals surface area (Å²) in [5, 5.41) is 6.08. The van der Waals surface area contributed by atoms with Crippen LogP contribution < -0.4 is 15.5 Å². The molecule has 1 aliphatic rings. The second-order valence-corrected chi connectivity index (χ2v) is 6.55. The number of rotatable bonds is 3. The lowest BCUT2D eigenvalue weighted by molar-refractivity contribution is -0.114. The molecule has 6 heteroatoms. The van der Waals surface area contributed by atoms with Crippen LogP contribution in [0.3, 0.4) is 0 Å². The Kier molecular flexibility index (Phi) is 4.53. The van der Waals surface area contributed by atoms with Gasteiger partial charge >= 0.3 is 0 Å². The number of fused-ring (bicyclic) bond motifs is 1. The standard InChI is InChI=1S/C22H18FN3O2/c1-14(27)24-17-10-12-18(13-11-17)26-21(15-6-8-16(23)9-7-15)25-20-5-3-2-4-19(20)22(26)28/h2-13,21,25H,1H3,(H,24,27). The van der Waals surface area contributed by atoms with E-state index in [0.29, 0.717) is 16.9 Å². The average Bonchev–Trinajstić information content (AvgIpc) is 2.69. The van der Waals surface area contributed by atoms with Gasteiger partial charge in [0.2, 0.25) is 5.91 Å². The van der Waals surface area contributed by atoms with E-state index in [0.717, 1.165) is 11.3 Å². The number of amides is 2. The van der Waals surface area contributed by atoms with E-state index >= 15 is 0 Å². The van der Waals surface area contributed by atoms with Crippen LogP contribution in [0.25, 0.3) is 0 Å². The predicted octanol–water partition coefficient (Wildman–Crippen LogP) is 4.56. The Balaban J connectivity index is 1.77. The van der Waals surface area contributed by atoms with Gasteiger partial charge in [0, 0.05) is 24.0 Å². The van der Waals surface area contributed by atoms with Crippen LogP contribution in [0.15, 0.2) is 72.8 Å². The van der Waals surface area contributed by atoms with Crippen molar-refractivity contribution in [3.8, 4) is 0 Å². The van der Waals surface area contributed by atoms with E-state index < -0.39 is 6.17 Å². The highest BCUT2D eigenvalue weighted by Crippen LogP contribution is 2.36. The molecular weight excluding hydrogens is 357 g/mol. The molecule has 0 spiro atoms. The molecule has 0 radical (unpaired) electrons. The summed E-state index contributed by atoms with van der Waals surface area (Å²) >= 11 is 0. The summed E-state index contributed by atoms with van der Waals surface area (Å²) in [5.41, 5.74) is 3.36. The lowest BCUT2D eigenvalue weighted by Crippen LogP contribution is -2.43. The Morgan fingerprint density at radius 2 is 1.68 bits per heavy atom. The molecule has 3 aromatic rings. The number of carbonyl (C=O) groups excluding carboxylic acids is 2. The van der Waals surface area contributed by atoms with Crippen molar-refractivity contribution in [2.45, 2.75) is 13.1 Å². The number of hydrogen-bond acceptors (Lipinski definition) is 3. The lowest BCUT2D eigenvalue weighted by atomic mass is 10.0. The number of nitrogens with zero attached hydrogens (tertiary/aromatic N) is 1. The predicted molar refractivity (Wildman–Crippen MR) is 107 cm³/mol. The van der Waals surface area contributed by atoms with Crippen LogP contribution in [0.2, 0.25) is 0 Å². The first kappa shape index (κ1) is 17.7. The Hall–Kier alpha value is -3.67. The van der Waals surface area contributed by atoms with E-state index in [2.05, 4.69) is 10.6 Å². The van der Waals surface area contributed by atoms with E-state index in [1.807, 2.05) is 18.2 Å². The Labute approximate surface area is 161 Å². The number of carbonyl (C=O) groups is 2. The summed E-state index contributed by atoms with van der Waals surface area (Å²) in [4.78, 5) is 26.1. The molecule has 0 saturated carbocycles. The van der Waals surface area contributed by atoms with Crippen LogP contribution >= 0.6 is 0 Å². The van der Waals surface area contributed by atoms with E-state index in [1.165, 1.54) is 19.1 Å². The van der Waals surface area contributed by atoms with Crippen molar-refractivity contribution in [1.82, 2.24) is 0 Å². The molecule has 0 saturated heterocycles. The molecule has 140 valence electrons. The summed E-state index contributed by atoms with van der Waals surface area (Å²) in [7, 11) is 0. The molecule has 2 N–H and O–H groups in total. The summed E-state index contributed by atoms with van der Waals surface area (Å²) in [5.74, 6) is -0.657. The maximum absolute atomic E-state index is 13.4. The van der Waals surface area contributed by atoms with Gasteiger partial charge in [-0.3, -0.25) is 14.5 Å². The third-order valence-corrected chi connectivity index (χ3v) is 4.58. The van der Waals surface area contributed by atoms with Gasteiger partial charge in [-0.05, 0) is 54.1 Å². The zero-order valence-corrected chi connectivity index (χ0v) is 15.1. The lowest BCUT2D eigenvalue weighted by Gasteiger charge is -2.38. The average molecular weight is 375 g/mol. The van der Waals surface area contributed by atoms with Crippen molar-refractivity contribution in [1.29, 1.82) is 0 Å². The zero-order valence-electron chi connectivity index (χ0n) is 15.1. The molecule has 1 atom stereocenters. The van der Waals surface area contributed by atoms with Gasteiger partial charge in [-0.1, -0.05) is 24.3 Å². The van der Waals surface area contributed by atoms with Crippen LogP contribution in [0.1, 0.15) is 29.0 Å². The van der Waals surface area contributed by atoms with E-state index in [-0.39, 0.29) is 17.6 Å². The van der Waals surface area contributed by atoms with Crippen molar-refractivity contribution in [3.63, 3.8) is 0 Å². The number of benzene rings is 3. The topological polar surface area (TPSA) is 61.4 Å². The highest BCUT2D eigenvalue weighted by atomic mass is 19.1. The summed E-state index contributed by atoms with van der Waals surface area (Å²) in [6.07, 6.45) is -0.491. The molecular formula is C22H18FN3O2. The molecule has 3 aromatic carbocycles. The second-order valence-electron chi connectivity index (χ2n) is 6.55. The molecule has 1 aliphatic heterocycles. The van der Waals surface area contributed by atoms with Crippen molar-refractivity contribution in [3.05, 3.63) is 89.7 Å². The summed E-state index contributed by atoms with van der Waals surface area (Å²) < 4.78 is 13.4. The van der Waals surface area contributed by atoms with Crippen molar-refractivity contribution in [2.24, 2.45) is 0 Å². The number of halogens is 1. The fourth-order valence-electron chi connectivity index (χ4n) is 3.31. The van der Waals surface area contributed by atoms with Gasteiger partial charge in [0.15, 0.2) is 0 Å². The minimum absolute atomic E-state index is 0.157. The Bertz CT molecular complexity index is 1030. The molecule has 28 heavy (non-hydrogen) atoms. The molecule has 0 fully saturated rings. The van der Waals surface area contributed by atoms with Gasteiger partial charge < -0.3 is 10.6 Å². The molecule has 0 aromatic heterocycles. The Morgan fingerprint density at radius 3 is 2.36 bits per heavy atom. The van der Waals surface area contributed by atoms with Gasteiger partial charge in [-0.2, -0.15) is 0 Å². The monoisotopic (exact) mass is 375 g/mol. The van der Waals surface area contributed by atoms with E-state index in [4.69, 9.17) is 0 Å². The first-order valence-electron chi connectivity index (χ1n) is 8.85.